The number of ether oxygens (including phenoxy) is 1. The van der Waals surface area contributed by atoms with Crippen LogP contribution in [0.15, 0.2) is 28.7 Å². The fourth-order valence-electron chi connectivity index (χ4n) is 0.911. The molecule has 0 radical (unpaired) electrons. The van der Waals surface area contributed by atoms with Gasteiger partial charge in [-0.15, -0.1) is 0 Å². The summed E-state index contributed by atoms with van der Waals surface area (Å²) in [6.07, 6.45) is -0.0429. The Morgan fingerprint density at radius 2 is 2.08 bits per heavy atom. The molecule has 0 aliphatic heterocycles. The molecule has 13 heavy (non-hydrogen) atoms. The van der Waals surface area contributed by atoms with Crippen LogP contribution in [0.4, 0.5) is 0 Å². The van der Waals surface area contributed by atoms with Crippen molar-refractivity contribution in [1.82, 2.24) is 0 Å². The van der Waals surface area contributed by atoms with E-state index in [4.69, 9.17) is 11.3 Å². The van der Waals surface area contributed by atoms with E-state index in [-0.39, 0.29) is 6.10 Å². The van der Waals surface area contributed by atoms with Crippen LogP contribution in [-0.2, 0) is 0 Å². The van der Waals surface area contributed by atoms with Gasteiger partial charge in [0, 0.05) is 4.47 Å². The highest BCUT2D eigenvalue weighted by Crippen LogP contribution is 2.17. The maximum Gasteiger partial charge on any atom is 0.250 e. The van der Waals surface area contributed by atoms with Crippen molar-refractivity contribution in [3.63, 3.8) is 0 Å². The van der Waals surface area contributed by atoms with E-state index in [1.54, 1.807) is 0 Å². The third-order valence-corrected chi connectivity index (χ3v) is 2.03. The van der Waals surface area contributed by atoms with Crippen molar-refractivity contribution in [3.8, 4) is 5.75 Å². The van der Waals surface area contributed by atoms with Gasteiger partial charge >= 0.3 is 0 Å². The highest BCUT2D eigenvalue weighted by atomic mass is 79.9. The second kappa shape index (κ2) is 4.88. The highest BCUT2D eigenvalue weighted by molar-refractivity contribution is 9.10. The van der Waals surface area contributed by atoms with Gasteiger partial charge in [-0.3, -0.25) is 0 Å². The molecule has 0 N–H and O–H groups in total. The zero-order chi connectivity index (χ0) is 9.68. The number of halogens is 1. The van der Waals surface area contributed by atoms with E-state index < -0.39 is 0 Å². The van der Waals surface area contributed by atoms with E-state index in [0.717, 1.165) is 10.2 Å². The predicted octanol–water partition coefficient (Wildman–Crippen LogP) is 3.14. The van der Waals surface area contributed by atoms with E-state index in [1.807, 2.05) is 31.2 Å². The Morgan fingerprint density at radius 3 is 2.62 bits per heavy atom. The Kier molecular flexibility index (Phi) is 3.78. The predicted molar refractivity (Wildman–Crippen MR) is 55.7 cm³/mol. The molecule has 1 aromatic rings. The van der Waals surface area contributed by atoms with Crippen molar-refractivity contribution in [1.29, 1.82) is 0 Å². The topological polar surface area (TPSA) is 13.6 Å². The summed E-state index contributed by atoms with van der Waals surface area (Å²) in [6, 6.07) is 7.59. The van der Waals surface area contributed by atoms with E-state index in [0.29, 0.717) is 6.54 Å². The van der Waals surface area contributed by atoms with Crippen LogP contribution in [0.25, 0.3) is 4.85 Å². The summed E-state index contributed by atoms with van der Waals surface area (Å²) in [5, 5.41) is 0. The zero-order valence-corrected chi connectivity index (χ0v) is 8.91. The van der Waals surface area contributed by atoms with Gasteiger partial charge in [0.15, 0.2) is 6.10 Å². The molecule has 0 saturated heterocycles. The molecule has 0 amide bonds. The van der Waals surface area contributed by atoms with Crippen LogP contribution < -0.4 is 4.74 Å². The van der Waals surface area contributed by atoms with Gasteiger partial charge in [-0.25, -0.2) is 6.57 Å². The second-order valence-corrected chi connectivity index (χ2v) is 3.64. The van der Waals surface area contributed by atoms with Gasteiger partial charge < -0.3 is 9.58 Å². The molecule has 0 spiro atoms. The fourth-order valence-corrected chi connectivity index (χ4v) is 1.18. The molecule has 1 rings (SSSR count). The van der Waals surface area contributed by atoms with Crippen LogP contribution in [-0.4, -0.2) is 12.6 Å². The van der Waals surface area contributed by atoms with Crippen LogP contribution >= 0.6 is 15.9 Å². The van der Waals surface area contributed by atoms with Crippen molar-refractivity contribution in [2.45, 2.75) is 13.0 Å². The summed E-state index contributed by atoms with van der Waals surface area (Å²) in [4.78, 5) is 3.27. The van der Waals surface area contributed by atoms with Gasteiger partial charge in [0.05, 0.1) is 0 Å². The summed E-state index contributed by atoms with van der Waals surface area (Å²) in [5.41, 5.74) is 0. The Hall–Kier alpha value is -1.01. The van der Waals surface area contributed by atoms with Gasteiger partial charge in [0.25, 0.3) is 6.54 Å². The molecule has 0 fully saturated rings. The minimum Gasteiger partial charge on any atom is -0.483 e. The number of benzene rings is 1. The number of rotatable bonds is 3. The van der Waals surface area contributed by atoms with Crippen molar-refractivity contribution in [3.05, 3.63) is 40.2 Å². The Labute approximate surface area is 86.5 Å². The minimum atomic E-state index is -0.0429. The molecular weight excluding hydrogens is 230 g/mol. The smallest absolute Gasteiger partial charge is 0.250 e. The Balaban J connectivity index is 2.55. The third kappa shape index (κ3) is 3.47. The summed E-state index contributed by atoms with van der Waals surface area (Å²) in [7, 11) is 0. The summed E-state index contributed by atoms with van der Waals surface area (Å²) < 4.78 is 6.50. The zero-order valence-electron chi connectivity index (χ0n) is 7.33. The molecule has 0 aliphatic carbocycles. The van der Waals surface area contributed by atoms with Gasteiger partial charge in [0.1, 0.15) is 5.75 Å². The first-order chi connectivity index (χ1) is 6.22. The van der Waals surface area contributed by atoms with Crippen molar-refractivity contribution in [2.24, 2.45) is 0 Å². The normalized spacial score (nSPS) is 11.8. The molecular formula is C10H10BrNO. The number of hydrogen-bond acceptors (Lipinski definition) is 1. The van der Waals surface area contributed by atoms with E-state index in [9.17, 15) is 0 Å². The molecule has 1 atom stereocenters. The maximum absolute atomic E-state index is 6.67. The lowest BCUT2D eigenvalue weighted by atomic mass is 10.3. The largest absolute Gasteiger partial charge is 0.483 e. The minimum absolute atomic E-state index is 0.0429. The van der Waals surface area contributed by atoms with Crippen LogP contribution in [0.2, 0.25) is 0 Å². The van der Waals surface area contributed by atoms with Gasteiger partial charge in [-0.1, -0.05) is 15.9 Å². The van der Waals surface area contributed by atoms with E-state index in [2.05, 4.69) is 20.8 Å². The van der Waals surface area contributed by atoms with E-state index >= 15 is 0 Å². The Morgan fingerprint density at radius 1 is 1.46 bits per heavy atom. The lowest BCUT2D eigenvalue weighted by molar-refractivity contribution is 0.238. The van der Waals surface area contributed by atoms with Crippen molar-refractivity contribution >= 4 is 15.9 Å². The first-order valence-corrected chi connectivity index (χ1v) is 4.77. The third-order valence-electron chi connectivity index (χ3n) is 1.50. The molecule has 68 valence electrons. The highest BCUT2D eigenvalue weighted by Gasteiger charge is 2.05. The van der Waals surface area contributed by atoms with E-state index in [1.165, 1.54) is 0 Å². The molecule has 0 bridgehead atoms. The molecule has 3 heteroatoms. The van der Waals surface area contributed by atoms with Crippen LogP contribution in [0.3, 0.4) is 0 Å². The maximum atomic E-state index is 6.67. The lowest BCUT2D eigenvalue weighted by Gasteiger charge is -2.08. The van der Waals surface area contributed by atoms with Gasteiger partial charge in [0.2, 0.25) is 0 Å². The SMILES string of the molecule is [C-]#[N+]CC(C)Oc1ccc(Br)cc1. The first-order valence-electron chi connectivity index (χ1n) is 3.98. The monoisotopic (exact) mass is 239 g/mol. The number of nitrogens with zero attached hydrogens (tertiary/aromatic N) is 1. The average Bonchev–Trinajstić information content (AvgIpc) is 2.09. The second-order valence-electron chi connectivity index (χ2n) is 2.72. The molecule has 0 saturated carbocycles. The average molecular weight is 240 g/mol. The van der Waals surface area contributed by atoms with Gasteiger partial charge in [-0.2, -0.15) is 0 Å². The summed E-state index contributed by atoms with van der Waals surface area (Å²) in [6.45, 7) is 8.96. The van der Waals surface area contributed by atoms with Crippen LogP contribution in [0.1, 0.15) is 6.92 Å². The first kappa shape index (κ1) is 10.1. The molecule has 0 heterocycles. The lowest BCUT2D eigenvalue weighted by Crippen LogP contribution is -2.14. The van der Waals surface area contributed by atoms with Crippen molar-refractivity contribution < 1.29 is 4.74 Å². The number of hydrogen-bond donors (Lipinski definition) is 0. The Bertz CT molecular complexity index is 302. The molecule has 1 aromatic carbocycles. The fraction of sp³-hybridized carbons (Fsp3) is 0.300. The van der Waals surface area contributed by atoms with Gasteiger partial charge in [-0.05, 0) is 31.2 Å². The standard InChI is InChI=1S/C10H10BrNO/c1-8(7-12-2)13-10-5-3-9(11)4-6-10/h3-6,8H,7H2,1H3. The molecule has 2 nitrogen and oxygen atoms in total. The van der Waals surface area contributed by atoms with Crippen LogP contribution in [0, 0.1) is 6.57 Å². The molecule has 0 aromatic heterocycles. The summed E-state index contributed by atoms with van der Waals surface area (Å²) >= 11 is 3.34. The van der Waals surface area contributed by atoms with Crippen LogP contribution in [0.5, 0.6) is 5.75 Å². The molecule has 0 aliphatic rings. The quantitative estimate of drug-likeness (QED) is 0.740. The molecule has 1 unspecified atom stereocenters. The van der Waals surface area contributed by atoms with Crippen molar-refractivity contribution in [2.75, 3.05) is 6.54 Å². The summed E-state index contributed by atoms with van der Waals surface area (Å²) in [5.74, 6) is 0.805.